The summed E-state index contributed by atoms with van der Waals surface area (Å²) in [5, 5.41) is 14.1. The second-order valence-electron chi connectivity index (χ2n) is 9.83. The van der Waals surface area contributed by atoms with Crippen LogP contribution in [-0.2, 0) is 5.60 Å². The van der Waals surface area contributed by atoms with E-state index in [9.17, 15) is 32.3 Å². The molecule has 0 saturated heterocycles. The summed E-state index contributed by atoms with van der Waals surface area (Å²) in [6.45, 7) is 0. The highest BCUT2D eigenvalue weighted by molar-refractivity contribution is 6.31. The maximum Gasteiger partial charge on any atom is 0.423 e. The molecule has 39 heavy (non-hydrogen) atoms. The summed E-state index contributed by atoms with van der Waals surface area (Å²) >= 11 is 6.29. The smallest absolute Gasteiger partial charge is 0.399 e. The SMILES string of the molecule is NC(=O)N1c2ccc(F)c(-c3cc(N)cc4c3C(c3cc(F)ccc3Cl)NC4=O)c2C(O)(C(F)(F)F)C12CC2. The van der Waals surface area contributed by atoms with E-state index < -0.39 is 63.7 Å². The van der Waals surface area contributed by atoms with Crippen LogP contribution in [0.3, 0.4) is 0 Å². The molecule has 6 rings (SSSR count). The third-order valence-electron chi connectivity index (χ3n) is 7.74. The Labute approximate surface area is 222 Å². The number of nitrogens with one attached hydrogen (secondary N) is 1. The maximum absolute atomic E-state index is 15.8. The van der Waals surface area contributed by atoms with E-state index in [1.54, 1.807) is 0 Å². The van der Waals surface area contributed by atoms with Crippen LogP contribution in [0, 0.1) is 11.6 Å². The molecule has 3 aliphatic rings. The van der Waals surface area contributed by atoms with Crippen LogP contribution in [-0.4, -0.2) is 28.8 Å². The van der Waals surface area contributed by atoms with Crippen LogP contribution in [0.2, 0.25) is 5.02 Å². The molecular formula is C26H18ClF5N4O3. The summed E-state index contributed by atoms with van der Waals surface area (Å²) in [6.07, 6.45) is -5.87. The minimum absolute atomic E-state index is 0.0269. The first-order chi connectivity index (χ1) is 18.2. The van der Waals surface area contributed by atoms with Crippen molar-refractivity contribution in [2.45, 2.75) is 36.2 Å². The van der Waals surface area contributed by atoms with Gasteiger partial charge >= 0.3 is 12.2 Å². The summed E-state index contributed by atoms with van der Waals surface area (Å²) in [7, 11) is 0. The number of primary amides is 1. The molecule has 6 N–H and O–H groups in total. The van der Waals surface area contributed by atoms with Crippen molar-refractivity contribution in [2.75, 3.05) is 10.6 Å². The second-order valence-corrected chi connectivity index (χ2v) is 10.2. The number of alkyl halides is 3. The molecule has 1 fully saturated rings. The number of carbonyl (C=O) groups is 2. The van der Waals surface area contributed by atoms with Gasteiger partial charge in [-0.15, -0.1) is 0 Å². The Morgan fingerprint density at radius 1 is 1.10 bits per heavy atom. The van der Waals surface area contributed by atoms with Gasteiger partial charge in [0.25, 0.3) is 5.91 Å². The van der Waals surface area contributed by atoms with E-state index in [0.29, 0.717) is 4.90 Å². The molecule has 0 radical (unpaired) electrons. The molecule has 0 aromatic heterocycles. The van der Waals surface area contributed by atoms with Crippen molar-refractivity contribution in [3.05, 3.63) is 81.4 Å². The zero-order valence-electron chi connectivity index (χ0n) is 19.7. The van der Waals surface area contributed by atoms with Crippen molar-refractivity contribution in [1.29, 1.82) is 0 Å². The van der Waals surface area contributed by atoms with E-state index >= 15 is 4.39 Å². The predicted octanol–water partition coefficient (Wildman–Crippen LogP) is 4.88. The van der Waals surface area contributed by atoms with E-state index in [4.69, 9.17) is 23.1 Å². The lowest BCUT2D eigenvalue weighted by Crippen LogP contribution is -2.58. The molecule has 13 heteroatoms. The number of aliphatic hydroxyl groups is 1. The van der Waals surface area contributed by atoms with Crippen LogP contribution in [0.5, 0.6) is 0 Å². The Hall–Kier alpha value is -3.90. The number of hydrogen-bond donors (Lipinski definition) is 4. The first kappa shape index (κ1) is 25.4. The number of fused-ring (bicyclic) bond motifs is 2. The molecule has 1 saturated carbocycles. The third-order valence-corrected chi connectivity index (χ3v) is 8.08. The van der Waals surface area contributed by atoms with Gasteiger partial charge in [0.15, 0.2) is 0 Å². The Morgan fingerprint density at radius 3 is 2.38 bits per heavy atom. The van der Waals surface area contributed by atoms with Gasteiger partial charge in [-0.25, -0.2) is 13.6 Å². The number of nitrogen functional groups attached to an aromatic ring is 1. The van der Waals surface area contributed by atoms with Crippen molar-refractivity contribution in [2.24, 2.45) is 5.73 Å². The number of amides is 3. The molecule has 7 nitrogen and oxygen atoms in total. The highest BCUT2D eigenvalue weighted by Gasteiger charge is 2.80. The van der Waals surface area contributed by atoms with Gasteiger partial charge in [-0.1, -0.05) is 11.6 Å². The molecular weight excluding hydrogens is 547 g/mol. The lowest BCUT2D eigenvalue weighted by Gasteiger charge is -2.36. The fourth-order valence-corrected chi connectivity index (χ4v) is 6.30. The quantitative estimate of drug-likeness (QED) is 0.262. The summed E-state index contributed by atoms with van der Waals surface area (Å²) in [5.74, 6) is -2.60. The monoisotopic (exact) mass is 564 g/mol. The van der Waals surface area contributed by atoms with Gasteiger partial charge in [0.2, 0.25) is 5.60 Å². The molecule has 2 atom stereocenters. The first-order valence-corrected chi connectivity index (χ1v) is 12.0. The minimum atomic E-state index is -5.37. The summed E-state index contributed by atoms with van der Waals surface area (Å²) in [5.41, 5.74) is 3.08. The van der Waals surface area contributed by atoms with Gasteiger partial charge in [-0.3, -0.25) is 9.69 Å². The fourth-order valence-electron chi connectivity index (χ4n) is 6.08. The highest BCUT2D eigenvalue weighted by atomic mass is 35.5. The zero-order valence-corrected chi connectivity index (χ0v) is 20.4. The van der Waals surface area contributed by atoms with Crippen LogP contribution in [0.4, 0.5) is 38.1 Å². The average molecular weight is 565 g/mol. The van der Waals surface area contributed by atoms with Crippen LogP contribution in [0.25, 0.3) is 11.1 Å². The van der Waals surface area contributed by atoms with Crippen LogP contribution in [0.1, 0.15) is 45.9 Å². The van der Waals surface area contributed by atoms with Crippen molar-refractivity contribution >= 4 is 34.9 Å². The predicted molar refractivity (Wildman–Crippen MR) is 131 cm³/mol. The van der Waals surface area contributed by atoms with E-state index in [2.05, 4.69) is 5.32 Å². The lowest BCUT2D eigenvalue weighted by atomic mass is 9.79. The number of carbonyl (C=O) groups excluding carboxylic acids is 2. The molecule has 3 aromatic rings. The minimum Gasteiger partial charge on any atom is -0.399 e. The van der Waals surface area contributed by atoms with E-state index in [1.807, 2.05) is 0 Å². The number of hydrogen-bond acceptors (Lipinski definition) is 4. The Kier molecular flexibility index (Phi) is 5.09. The first-order valence-electron chi connectivity index (χ1n) is 11.6. The number of nitrogens with zero attached hydrogens (tertiary/aromatic N) is 1. The van der Waals surface area contributed by atoms with Gasteiger partial charge in [-0.05, 0) is 66.4 Å². The van der Waals surface area contributed by atoms with Crippen molar-refractivity contribution in [1.82, 2.24) is 5.32 Å². The number of rotatable bonds is 2. The molecule has 2 aliphatic heterocycles. The Bertz CT molecular complexity index is 1620. The molecule has 2 unspecified atom stereocenters. The largest absolute Gasteiger partial charge is 0.423 e. The molecule has 3 amide bonds. The topological polar surface area (TPSA) is 122 Å². The number of benzene rings is 3. The normalized spacial score (nSPS) is 22.6. The number of anilines is 2. The standard InChI is InChI=1S/C26H18ClF5N4O3/c27-15-2-1-10(28)7-12(15)21-18-13(8-11(33)9-14(18)22(37)35-21)19-16(29)3-4-17-20(19)25(39,26(30,31)32)24(5-6-24)36(17)23(34)38/h1-4,7-9,21,39H,5-6,33H2,(H2,34,38)(H,35,37). The highest BCUT2D eigenvalue weighted by Crippen LogP contribution is 2.69. The molecule has 1 aliphatic carbocycles. The number of nitrogens with two attached hydrogens (primary N) is 2. The second kappa shape index (κ2) is 7.82. The van der Waals surface area contributed by atoms with Gasteiger partial charge in [-0.2, -0.15) is 13.2 Å². The fraction of sp³-hybridized carbons (Fsp3) is 0.231. The van der Waals surface area contributed by atoms with Crippen molar-refractivity contribution < 1.29 is 36.6 Å². The van der Waals surface area contributed by atoms with E-state index in [0.717, 1.165) is 30.3 Å². The van der Waals surface area contributed by atoms with Gasteiger partial charge in [0.05, 0.1) is 17.3 Å². The summed E-state index contributed by atoms with van der Waals surface area (Å²) in [6, 6.07) is 5.07. The van der Waals surface area contributed by atoms with Crippen LogP contribution >= 0.6 is 11.6 Å². The molecule has 0 bridgehead atoms. The Morgan fingerprint density at radius 2 is 1.77 bits per heavy atom. The molecule has 2 heterocycles. The Balaban J connectivity index is 1.72. The summed E-state index contributed by atoms with van der Waals surface area (Å²) in [4.78, 5) is 26.0. The molecule has 1 spiro atoms. The van der Waals surface area contributed by atoms with Crippen LogP contribution in [0.15, 0.2) is 42.5 Å². The summed E-state index contributed by atoms with van der Waals surface area (Å²) < 4.78 is 74.3. The van der Waals surface area contributed by atoms with Crippen molar-refractivity contribution in [3.63, 3.8) is 0 Å². The van der Waals surface area contributed by atoms with E-state index in [1.165, 1.54) is 12.1 Å². The van der Waals surface area contributed by atoms with Crippen molar-refractivity contribution in [3.8, 4) is 11.1 Å². The number of urea groups is 1. The number of halogens is 6. The molecule has 202 valence electrons. The van der Waals surface area contributed by atoms with Gasteiger partial charge in [0, 0.05) is 33.0 Å². The van der Waals surface area contributed by atoms with E-state index in [-0.39, 0.29) is 45.8 Å². The third kappa shape index (κ3) is 3.18. The van der Waals surface area contributed by atoms with Gasteiger partial charge < -0.3 is 21.9 Å². The van der Waals surface area contributed by atoms with Crippen LogP contribution < -0.4 is 21.7 Å². The average Bonchev–Trinajstić information content (AvgIpc) is 3.52. The lowest BCUT2D eigenvalue weighted by molar-refractivity contribution is -0.274. The molecule has 3 aromatic carbocycles. The zero-order chi connectivity index (χ0) is 28.2. The maximum atomic E-state index is 15.8. The van der Waals surface area contributed by atoms with Gasteiger partial charge in [0.1, 0.15) is 11.6 Å².